The number of halogens is 2. The van der Waals surface area contributed by atoms with Crippen LogP contribution in [0.4, 0.5) is 0 Å². The summed E-state index contributed by atoms with van der Waals surface area (Å²) < 4.78 is 0. The smallest absolute Gasteiger partial charge is 0.255 e. The standard InChI is InChI=1S/C13H15Cl2NO/c1-9-2-3-11(12(15)8-9)13(17)16-6-4-10(14)5-7-16/h2-3,8,10H,4-7H2,1H3. The van der Waals surface area contributed by atoms with Crippen LogP contribution in [0.25, 0.3) is 0 Å². The molecular weight excluding hydrogens is 257 g/mol. The Labute approximate surface area is 112 Å². The Balaban J connectivity index is 2.14. The number of aryl methyl sites for hydroxylation is 1. The molecule has 0 spiro atoms. The summed E-state index contributed by atoms with van der Waals surface area (Å²) in [4.78, 5) is 14.1. The van der Waals surface area contributed by atoms with Gasteiger partial charge < -0.3 is 4.90 Å². The van der Waals surface area contributed by atoms with Crippen LogP contribution in [-0.4, -0.2) is 29.3 Å². The fourth-order valence-electron chi connectivity index (χ4n) is 2.01. The second-order valence-corrected chi connectivity index (χ2v) is 5.47. The molecule has 0 bridgehead atoms. The second-order valence-electron chi connectivity index (χ2n) is 4.45. The van der Waals surface area contributed by atoms with Gasteiger partial charge in [0.1, 0.15) is 0 Å². The molecule has 1 fully saturated rings. The van der Waals surface area contributed by atoms with E-state index in [-0.39, 0.29) is 11.3 Å². The molecule has 0 saturated carbocycles. The maximum atomic E-state index is 12.2. The molecule has 17 heavy (non-hydrogen) atoms. The highest BCUT2D eigenvalue weighted by Gasteiger charge is 2.23. The van der Waals surface area contributed by atoms with E-state index in [2.05, 4.69) is 0 Å². The zero-order valence-corrected chi connectivity index (χ0v) is 11.3. The van der Waals surface area contributed by atoms with Gasteiger partial charge in [0.15, 0.2) is 0 Å². The van der Waals surface area contributed by atoms with Crippen LogP contribution in [-0.2, 0) is 0 Å². The normalized spacial score (nSPS) is 17.2. The third-order valence-electron chi connectivity index (χ3n) is 3.07. The maximum absolute atomic E-state index is 12.2. The highest BCUT2D eigenvalue weighted by Crippen LogP contribution is 2.22. The molecule has 4 heteroatoms. The Morgan fingerprint density at radius 1 is 1.35 bits per heavy atom. The Morgan fingerprint density at radius 2 is 2.00 bits per heavy atom. The van der Waals surface area contributed by atoms with E-state index in [9.17, 15) is 4.79 Å². The number of carbonyl (C=O) groups excluding carboxylic acids is 1. The summed E-state index contributed by atoms with van der Waals surface area (Å²) >= 11 is 12.1. The zero-order chi connectivity index (χ0) is 12.4. The molecule has 2 nitrogen and oxygen atoms in total. The first-order valence-corrected chi connectivity index (χ1v) is 6.59. The van der Waals surface area contributed by atoms with Crippen molar-refractivity contribution in [3.05, 3.63) is 34.3 Å². The van der Waals surface area contributed by atoms with Crippen molar-refractivity contribution in [2.75, 3.05) is 13.1 Å². The van der Waals surface area contributed by atoms with Crippen LogP contribution in [0.5, 0.6) is 0 Å². The van der Waals surface area contributed by atoms with E-state index in [0.29, 0.717) is 10.6 Å². The van der Waals surface area contributed by atoms with Crippen LogP contribution in [0.1, 0.15) is 28.8 Å². The number of nitrogens with zero attached hydrogens (tertiary/aromatic N) is 1. The molecule has 1 aliphatic rings. The average molecular weight is 272 g/mol. The van der Waals surface area contributed by atoms with Crippen molar-refractivity contribution >= 4 is 29.1 Å². The van der Waals surface area contributed by atoms with E-state index in [0.717, 1.165) is 31.5 Å². The van der Waals surface area contributed by atoms with Gasteiger partial charge in [-0.25, -0.2) is 0 Å². The van der Waals surface area contributed by atoms with E-state index >= 15 is 0 Å². The number of piperidine rings is 1. The Bertz CT molecular complexity index is 425. The summed E-state index contributed by atoms with van der Waals surface area (Å²) in [5.74, 6) is 0.0126. The monoisotopic (exact) mass is 271 g/mol. The minimum absolute atomic E-state index is 0.0126. The van der Waals surface area contributed by atoms with Crippen molar-refractivity contribution in [1.82, 2.24) is 4.90 Å². The lowest BCUT2D eigenvalue weighted by atomic mass is 10.1. The summed E-state index contributed by atoms with van der Waals surface area (Å²) in [6, 6.07) is 5.53. The van der Waals surface area contributed by atoms with Gasteiger partial charge in [-0.05, 0) is 37.5 Å². The van der Waals surface area contributed by atoms with E-state index in [1.165, 1.54) is 0 Å². The van der Waals surface area contributed by atoms with Crippen molar-refractivity contribution in [3.63, 3.8) is 0 Å². The van der Waals surface area contributed by atoms with Gasteiger partial charge >= 0.3 is 0 Å². The molecular formula is C13H15Cl2NO. The summed E-state index contributed by atoms with van der Waals surface area (Å²) in [5.41, 5.74) is 1.65. The van der Waals surface area contributed by atoms with Gasteiger partial charge in [-0.1, -0.05) is 17.7 Å². The first-order chi connectivity index (χ1) is 8.08. The summed E-state index contributed by atoms with van der Waals surface area (Å²) in [7, 11) is 0. The zero-order valence-electron chi connectivity index (χ0n) is 9.75. The third kappa shape index (κ3) is 2.93. The lowest BCUT2D eigenvalue weighted by Gasteiger charge is -2.29. The molecule has 0 aliphatic carbocycles. The van der Waals surface area contributed by atoms with Crippen LogP contribution in [0.3, 0.4) is 0 Å². The minimum Gasteiger partial charge on any atom is -0.338 e. The van der Waals surface area contributed by atoms with Crippen LogP contribution >= 0.6 is 23.2 Å². The van der Waals surface area contributed by atoms with E-state index in [1.54, 1.807) is 6.07 Å². The molecule has 1 saturated heterocycles. The number of rotatable bonds is 1. The second kappa shape index (κ2) is 5.28. The molecule has 0 atom stereocenters. The highest BCUT2D eigenvalue weighted by atomic mass is 35.5. The van der Waals surface area contributed by atoms with Gasteiger partial charge in [0.05, 0.1) is 10.6 Å². The first-order valence-electron chi connectivity index (χ1n) is 5.77. The highest BCUT2D eigenvalue weighted by molar-refractivity contribution is 6.33. The van der Waals surface area contributed by atoms with Crippen molar-refractivity contribution in [2.24, 2.45) is 0 Å². The van der Waals surface area contributed by atoms with Crippen molar-refractivity contribution in [2.45, 2.75) is 25.1 Å². The number of hydrogen-bond donors (Lipinski definition) is 0. The molecule has 0 unspecified atom stereocenters. The van der Waals surface area contributed by atoms with Crippen LogP contribution in [0.15, 0.2) is 18.2 Å². The number of likely N-dealkylation sites (tertiary alicyclic amines) is 1. The van der Waals surface area contributed by atoms with Crippen molar-refractivity contribution < 1.29 is 4.79 Å². The van der Waals surface area contributed by atoms with Gasteiger partial charge in [-0.15, -0.1) is 11.6 Å². The maximum Gasteiger partial charge on any atom is 0.255 e. The summed E-state index contributed by atoms with van der Waals surface area (Å²) in [6.07, 6.45) is 1.72. The Morgan fingerprint density at radius 3 is 2.59 bits per heavy atom. The molecule has 0 N–H and O–H groups in total. The molecule has 1 amide bonds. The fraction of sp³-hybridized carbons (Fsp3) is 0.462. The third-order valence-corrected chi connectivity index (χ3v) is 3.82. The molecule has 92 valence electrons. The topological polar surface area (TPSA) is 20.3 Å². The van der Waals surface area contributed by atoms with Crippen LogP contribution in [0.2, 0.25) is 5.02 Å². The van der Waals surface area contributed by atoms with Gasteiger partial charge in [0, 0.05) is 18.5 Å². The largest absolute Gasteiger partial charge is 0.338 e. The van der Waals surface area contributed by atoms with Crippen molar-refractivity contribution in [1.29, 1.82) is 0 Å². The predicted octanol–water partition coefficient (Wildman–Crippen LogP) is 3.49. The van der Waals surface area contributed by atoms with E-state index in [1.807, 2.05) is 24.0 Å². The molecule has 1 aromatic carbocycles. The molecule has 0 aromatic heterocycles. The number of carbonyl (C=O) groups is 1. The van der Waals surface area contributed by atoms with E-state index < -0.39 is 0 Å². The minimum atomic E-state index is 0.0126. The van der Waals surface area contributed by atoms with Crippen molar-refractivity contribution in [3.8, 4) is 0 Å². The summed E-state index contributed by atoms with van der Waals surface area (Å²) in [5, 5.41) is 0.732. The number of benzene rings is 1. The Hall–Kier alpha value is -0.730. The predicted molar refractivity (Wildman–Crippen MR) is 71.0 cm³/mol. The van der Waals surface area contributed by atoms with Crippen LogP contribution in [0, 0.1) is 6.92 Å². The quantitative estimate of drug-likeness (QED) is 0.716. The molecule has 1 aromatic rings. The SMILES string of the molecule is Cc1ccc(C(=O)N2CCC(Cl)CC2)c(Cl)c1. The molecule has 1 aliphatic heterocycles. The van der Waals surface area contributed by atoms with Crippen LogP contribution < -0.4 is 0 Å². The van der Waals surface area contributed by atoms with Gasteiger partial charge in [0.25, 0.3) is 5.91 Å². The lowest BCUT2D eigenvalue weighted by Crippen LogP contribution is -2.38. The van der Waals surface area contributed by atoms with Gasteiger partial charge in [-0.2, -0.15) is 0 Å². The van der Waals surface area contributed by atoms with Gasteiger partial charge in [0.2, 0.25) is 0 Å². The first kappa shape index (κ1) is 12.7. The fourth-order valence-corrected chi connectivity index (χ4v) is 2.53. The Kier molecular flexibility index (Phi) is 3.95. The average Bonchev–Trinajstić information content (AvgIpc) is 2.29. The molecule has 1 heterocycles. The molecule has 0 radical (unpaired) electrons. The lowest BCUT2D eigenvalue weighted by molar-refractivity contribution is 0.0726. The number of alkyl halides is 1. The van der Waals surface area contributed by atoms with E-state index in [4.69, 9.17) is 23.2 Å². The number of amides is 1. The number of hydrogen-bond acceptors (Lipinski definition) is 1. The summed E-state index contributed by atoms with van der Waals surface area (Å²) in [6.45, 7) is 3.40. The molecule has 2 rings (SSSR count). The van der Waals surface area contributed by atoms with Gasteiger partial charge in [-0.3, -0.25) is 4.79 Å².